The summed E-state index contributed by atoms with van der Waals surface area (Å²) in [7, 11) is 0. The number of nitrogens with zero attached hydrogens (tertiary/aromatic N) is 2. The molecule has 2 saturated heterocycles. The molecule has 1 atom stereocenters. The van der Waals surface area contributed by atoms with Gasteiger partial charge in [0.1, 0.15) is 17.5 Å². The summed E-state index contributed by atoms with van der Waals surface area (Å²) in [6, 6.07) is 5.24. The molecule has 4 rings (SSSR count). The van der Waals surface area contributed by atoms with Gasteiger partial charge in [-0.1, -0.05) is 0 Å². The minimum Gasteiger partial charge on any atom is -0.480 e. The Morgan fingerprint density at radius 1 is 1.38 bits per heavy atom. The first kappa shape index (κ1) is 15.4. The van der Waals surface area contributed by atoms with Gasteiger partial charge in [-0.2, -0.15) is 5.10 Å². The smallest absolute Gasteiger partial charge is 0.320 e. The van der Waals surface area contributed by atoms with Gasteiger partial charge in [0.2, 0.25) is 0 Å². The van der Waals surface area contributed by atoms with Crippen LogP contribution in [0, 0.1) is 5.41 Å². The molecule has 24 heavy (non-hydrogen) atoms. The highest BCUT2D eigenvalue weighted by Crippen LogP contribution is 2.42. The number of hydrogen-bond donors (Lipinski definition) is 3. The van der Waals surface area contributed by atoms with E-state index < -0.39 is 12.0 Å². The highest BCUT2D eigenvalue weighted by Gasteiger charge is 2.47. The number of likely N-dealkylation sites (tertiary alicyclic amines) is 1. The van der Waals surface area contributed by atoms with Crippen LogP contribution in [0.4, 0.5) is 0 Å². The molecule has 0 bridgehead atoms. The van der Waals surface area contributed by atoms with Gasteiger partial charge in [0.25, 0.3) is 0 Å². The lowest BCUT2D eigenvalue weighted by atomic mass is 9.77. The van der Waals surface area contributed by atoms with Crippen LogP contribution in [0.15, 0.2) is 28.8 Å². The van der Waals surface area contributed by atoms with E-state index >= 15 is 0 Å². The monoisotopic (exact) mass is 330 g/mol. The van der Waals surface area contributed by atoms with Crippen molar-refractivity contribution in [1.82, 2.24) is 20.4 Å². The van der Waals surface area contributed by atoms with Gasteiger partial charge in [0, 0.05) is 12.7 Å². The van der Waals surface area contributed by atoms with Crippen LogP contribution in [0.5, 0.6) is 0 Å². The van der Waals surface area contributed by atoms with Crippen LogP contribution in [0.1, 0.15) is 25.0 Å². The number of carboxylic acid groups (broad SMARTS) is 1. The third-order valence-electron chi connectivity index (χ3n) is 5.34. The van der Waals surface area contributed by atoms with Crippen LogP contribution in [-0.4, -0.2) is 51.8 Å². The molecule has 2 fully saturated rings. The number of furan rings is 1. The third-order valence-corrected chi connectivity index (χ3v) is 5.34. The van der Waals surface area contributed by atoms with E-state index in [9.17, 15) is 9.90 Å². The number of hydrogen-bond acceptors (Lipinski definition) is 5. The van der Waals surface area contributed by atoms with Crippen LogP contribution < -0.4 is 5.32 Å². The van der Waals surface area contributed by atoms with Crippen molar-refractivity contribution in [3.63, 3.8) is 0 Å². The Bertz CT molecular complexity index is 703. The first-order valence-electron chi connectivity index (χ1n) is 8.41. The van der Waals surface area contributed by atoms with Gasteiger partial charge < -0.3 is 14.8 Å². The summed E-state index contributed by atoms with van der Waals surface area (Å²) in [5.74, 6) is 0.785. The van der Waals surface area contributed by atoms with E-state index in [2.05, 4.69) is 20.4 Å². The predicted octanol–water partition coefficient (Wildman–Crippen LogP) is 1.70. The molecular formula is C17H22N4O3. The first-order valence-corrected chi connectivity index (χ1v) is 8.41. The Hall–Kier alpha value is -2.12. The molecule has 7 nitrogen and oxygen atoms in total. The van der Waals surface area contributed by atoms with Gasteiger partial charge >= 0.3 is 5.97 Å². The molecule has 3 N–H and O–H groups in total. The number of carbonyl (C=O) groups is 1. The fraction of sp³-hybridized carbons (Fsp3) is 0.529. The van der Waals surface area contributed by atoms with Gasteiger partial charge in [-0.15, -0.1) is 0 Å². The van der Waals surface area contributed by atoms with E-state index in [1.807, 2.05) is 18.2 Å². The third kappa shape index (κ3) is 2.85. The molecule has 2 aromatic rings. The lowest BCUT2D eigenvalue weighted by molar-refractivity contribution is -0.142. The van der Waals surface area contributed by atoms with Crippen LogP contribution in [0.25, 0.3) is 11.5 Å². The van der Waals surface area contributed by atoms with Crippen molar-refractivity contribution in [1.29, 1.82) is 0 Å². The number of piperidine rings is 1. The SMILES string of the molecule is O=C(O)C1CC2(CCNCC2)CN1Cc1ccc(-c2ccn[nH]2)o1. The number of aromatic amines is 1. The second kappa shape index (κ2) is 6.07. The summed E-state index contributed by atoms with van der Waals surface area (Å²) in [4.78, 5) is 13.8. The van der Waals surface area contributed by atoms with Crippen molar-refractivity contribution in [2.45, 2.75) is 31.8 Å². The number of aromatic nitrogens is 2. The zero-order chi connectivity index (χ0) is 16.6. The molecule has 4 heterocycles. The summed E-state index contributed by atoms with van der Waals surface area (Å²) in [5.41, 5.74) is 0.958. The van der Waals surface area contributed by atoms with Crippen molar-refractivity contribution in [3.8, 4) is 11.5 Å². The molecule has 0 aliphatic carbocycles. The normalized spacial score (nSPS) is 23.8. The molecule has 1 unspecified atom stereocenters. The molecule has 7 heteroatoms. The molecule has 2 aromatic heterocycles. The van der Waals surface area contributed by atoms with Gasteiger partial charge in [-0.05, 0) is 56.0 Å². The molecule has 0 amide bonds. The van der Waals surface area contributed by atoms with Crippen molar-refractivity contribution >= 4 is 5.97 Å². The van der Waals surface area contributed by atoms with E-state index in [1.165, 1.54) is 0 Å². The minimum atomic E-state index is -0.731. The zero-order valence-electron chi connectivity index (χ0n) is 13.5. The largest absolute Gasteiger partial charge is 0.480 e. The summed E-state index contributed by atoms with van der Waals surface area (Å²) >= 11 is 0. The van der Waals surface area contributed by atoms with E-state index in [0.717, 1.165) is 56.1 Å². The van der Waals surface area contributed by atoms with Crippen LogP contribution in [0.3, 0.4) is 0 Å². The summed E-state index contributed by atoms with van der Waals surface area (Å²) < 4.78 is 5.88. The maximum absolute atomic E-state index is 11.7. The topological polar surface area (TPSA) is 94.4 Å². The summed E-state index contributed by atoms with van der Waals surface area (Å²) in [5, 5.41) is 19.8. The molecule has 0 radical (unpaired) electrons. The van der Waals surface area contributed by atoms with Crippen molar-refractivity contribution in [2.75, 3.05) is 19.6 Å². The van der Waals surface area contributed by atoms with Crippen LogP contribution in [-0.2, 0) is 11.3 Å². The van der Waals surface area contributed by atoms with E-state index in [0.29, 0.717) is 6.54 Å². The number of nitrogens with one attached hydrogen (secondary N) is 2. The maximum Gasteiger partial charge on any atom is 0.320 e. The van der Waals surface area contributed by atoms with E-state index in [-0.39, 0.29) is 5.41 Å². The lowest BCUT2D eigenvalue weighted by Gasteiger charge is -2.33. The number of rotatable bonds is 4. The molecule has 128 valence electrons. The van der Waals surface area contributed by atoms with Crippen molar-refractivity contribution in [2.24, 2.45) is 5.41 Å². The Morgan fingerprint density at radius 3 is 2.92 bits per heavy atom. The summed E-state index contributed by atoms with van der Waals surface area (Å²) in [6.07, 6.45) is 4.51. The predicted molar refractivity (Wildman–Crippen MR) is 87.3 cm³/mol. The van der Waals surface area contributed by atoms with E-state index in [1.54, 1.807) is 6.20 Å². The molecule has 2 aliphatic heterocycles. The average Bonchev–Trinajstić information content (AvgIpc) is 3.29. The summed E-state index contributed by atoms with van der Waals surface area (Å²) in [6.45, 7) is 3.31. The standard InChI is InChI=1S/C17H22N4O3/c22-16(23)14-9-17(4-7-18-8-5-17)11-21(14)10-12-1-2-15(24-12)13-3-6-19-20-13/h1-3,6,14,18H,4-5,7-11H2,(H,19,20)(H,22,23). The van der Waals surface area contributed by atoms with Crippen molar-refractivity contribution < 1.29 is 14.3 Å². The number of aliphatic carboxylic acids is 1. The first-order chi connectivity index (χ1) is 11.7. The highest BCUT2D eigenvalue weighted by atomic mass is 16.4. The second-order valence-electron chi connectivity index (χ2n) is 6.95. The molecule has 0 aromatic carbocycles. The second-order valence-corrected chi connectivity index (χ2v) is 6.95. The van der Waals surface area contributed by atoms with Gasteiger partial charge in [-0.3, -0.25) is 14.8 Å². The molecular weight excluding hydrogens is 308 g/mol. The molecule has 1 spiro atoms. The van der Waals surface area contributed by atoms with Crippen LogP contribution in [0.2, 0.25) is 0 Å². The lowest BCUT2D eigenvalue weighted by Crippen LogP contribution is -2.38. The Labute approximate surface area is 140 Å². The van der Waals surface area contributed by atoms with Gasteiger partial charge in [0.05, 0.1) is 6.54 Å². The molecule has 2 aliphatic rings. The van der Waals surface area contributed by atoms with Crippen LogP contribution >= 0.6 is 0 Å². The number of carboxylic acids is 1. The van der Waals surface area contributed by atoms with E-state index in [4.69, 9.17) is 4.42 Å². The van der Waals surface area contributed by atoms with Gasteiger partial charge in [-0.25, -0.2) is 0 Å². The zero-order valence-corrected chi connectivity index (χ0v) is 13.5. The minimum absolute atomic E-state index is 0.132. The Kier molecular flexibility index (Phi) is 3.90. The Balaban J connectivity index is 1.51. The molecule has 0 saturated carbocycles. The number of H-pyrrole nitrogens is 1. The Morgan fingerprint density at radius 2 is 2.21 bits per heavy atom. The highest BCUT2D eigenvalue weighted by molar-refractivity contribution is 5.74. The fourth-order valence-corrected chi connectivity index (χ4v) is 4.07. The van der Waals surface area contributed by atoms with Gasteiger partial charge in [0.15, 0.2) is 5.76 Å². The van der Waals surface area contributed by atoms with Crippen molar-refractivity contribution in [3.05, 3.63) is 30.2 Å². The fourth-order valence-electron chi connectivity index (χ4n) is 4.07. The average molecular weight is 330 g/mol. The quantitative estimate of drug-likeness (QED) is 0.790. The maximum atomic E-state index is 11.7.